The van der Waals surface area contributed by atoms with Crippen LogP contribution in [0.4, 0.5) is 10.5 Å². The fourth-order valence-corrected chi connectivity index (χ4v) is 7.95. The number of carbonyl (C=O) groups is 1. The first kappa shape index (κ1) is 40.3. The average Bonchev–Trinajstić information content (AvgIpc) is 3.58. The second-order valence-electron chi connectivity index (χ2n) is 17.0. The van der Waals surface area contributed by atoms with Gasteiger partial charge in [0, 0.05) is 11.1 Å². The topological polar surface area (TPSA) is 104 Å². The SMILES string of the molecule is [C-]#[N+]c1c(CC2C(CC(C)C)CC(C)CC2C(C)(C)C)c2nc(-c3cc(C)cc(C(C)(C)C)c3)[nH]n2c1OC(=O)N(CCOOC)CCOOC. The lowest BCUT2D eigenvalue weighted by molar-refractivity contribution is -0.278. The molecule has 4 unspecified atom stereocenters. The van der Waals surface area contributed by atoms with E-state index in [9.17, 15) is 4.79 Å². The van der Waals surface area contributed by atoms with Crippen molar-refractivity contribution in [2.45, 2.75) is 100 Å². The van der Waals surface area contributed by atoms with Gasteiger partial charge in [0.25, 0.3) is 5.69 Å². The van der Waals surface area contributed by atoms with E-state index >= 15 is 0 Å². The zero-order chi connectivity index (χ0) is 37.7. The van der Waals surface area contributed by atoms with Crippen LogP contribution in [0.5, 0.6) is 5.88 Å². The first-order chi connectivity index (χ1) is 24.0. The monoisotopic (exact) mass is 707 g/mol. The molecule has 11 nitrogen and oxygen atoms in total. The largest absolute Gasteiger partial charge is 0.415 e. The Balaban J connectivity index is 1.89. The van der Waals surface area contributed by atoms with Crippen LogP contribution in [-0.2, 0) is 31.4 Å². The molecule has 0 aliphatic heterocycles. The number of nitrogens with one attached hydrogen (secondary N) is 1. The number of ether oxygens (including phenoxy) is 1. The molecule has 51 heavy (non-hydrogen) atoms. The van der Waals surface area contributed by atoms with Gasteiger partial charge in [0.2, 0.25) is 5.88 Å². The Labute approximate surface area is 305 Å². The van der Waals surface area contributed by atoms with Crippen LogP contribution in [0.3, 0.4) is 0 Å². The van der Waals surface area contributed by atoms with E-state index in [-0.39, 0.29) is 43.0 Å². The van der Waals surface area contributed by atoms with Gasteiger partial charge in [0.1, 0.15) is 5.65 Å². The van der Waals surface area contributed by atoms with Crippen molar-refractivity contribution in [3.05, 3.63) is 46.3 Å². The number of benzene rings is 1. The number of hydrogen-bond donors (Lipinski definition) is 1. The van der Waals surface area contributed by atoms with Crippen molar-refractivity contribution in [1.82, 2.24) is 19.5 Å². The molecule has 0 bridgehead atoms. The van der Waals surface area contributed by atoms with Crippen molar-refractivity contribution in [1.29, 1.82) is 0 Å². The molecule has 1 saturated carbocycles. The third kappa shape index (κ3) is 9.92. The zero-order valence-electron chi connectivity index (χ0n) is 33.0. The number of aryl methyl sites for hydroxylation is 1. The van der Waals surface area contributed by atoms with Crippen molar-refractivity contribution >= 4 is 17.4 Å². The number of aromatic amines is 1. The van der Waals surface area contributed by atoms with E-state index in [2.05, 4.69) is 97.4 Å². The predicted octanol–water partition coefficient (Wildman–Crippen LogP) is 9.36. The summed E-state index contributed by atoms with van der Waals surface area (Å²) in [4.78, 5) is 44.1. The van der Waals surface area contributed by atoms with Gasteiger partial charge in [-0.3, -0.25) is 5.10 Å². The molecule has 282 valence electrons. The van der Waals surface area contributed by atoms with Crippen LogP contribution >= 0.6 is 0 Å². The summed E-state index contributed by atoms with van der Waals surface area (Å²) in [6.07, 6.45) is 3.45. The molecule has 0 radical (unpaired) electrons. The molecule has 1 fully saturated rings. The lowest BCUT2D eigenvalue weighted by Crippen LogP contribution is -2.40. The second kappa shape index (κ2) is 16.9. The number of carbonyl (C=O) groups excluding carboxylic acids is 1. The van der Waals surface area contributed by atoms with Gasteiger partial charge in [-0.15, -0.1) is 0 Å². The van der Waals surface area contributed by atoms with Crippen molar-refractivity contribution < 1.29 is 29.1 Å². The summed E-state index contributed by atoms with van der Waals surface area (Å²) in [6.45, 7) is 31.7. The number of H-pyrrole nitrogens is 1. The predicted molar refractivity (Wildman–Crippen MR) is 200 cm³/mol. The van der Waals surface area contributed by atoms with E-state index in [1.54, 1.807) is 4.52 Å². The van der Waals surface area contributed by atoms with Crippen LogP contribution in [0, 0.1) is 48.5 Å². The molecule has 11 heteroatoms. The van der Waals surface area contributed by atoms with Crippen LogP contribution in [0.15, 0.2) is 18.2 Å². The van der Waals surface area contributed by atoms with E-state index in [4.69, 9.17) is 35.8 Å². The molecule has 1 aliphatic carbocycles. The van der Waals surface area contributed by atoms with Gasteiger partial charge in [-0.05, 0) is 90.7 Å². The van der Waals surface area contributed by atoms with E-state index < -0.39 is 6.09 Å². The van der Waals surface area contributed by atoms with Crippen LogP contribution in [0.1, 0.15) is 98.3 Å². The molecule has 1 aromatic carbocycles. The summed E-state index contributed by atoms with van der Waals surface area (Å²) >= 11 is 0. The van der Waals surface area contributed by atoms with Crippen LogP contribution in [-0.4, -0.2) is 66.1 Å². The maximum absolute atomic E-state index is 13.8. The van der Waals surface area contributed by atoms with Crippen LogP contribution < -0.4 is 4.74 Å². The lowest BCUT2D eigenvalue weighted by Gasteiger charge is -2.48. The minimum Gasteiger partial charge on any atom is -0.402 e. The number of hydrogen-bond acceptors (Lipinski definition) is 7. The molecular weight excluding hydrogens is 646 g/mol. The van der Waals surface area contributed by atoms with Crippen molar-refractivity contribution in [2.24, 2.45) is 35.0 Å². The Kier molecular flexibility index (Phi) is 13.4. The summed E-state index contributed by atoms with van der Waals surface area (Å²) in [5, 5.41) is 3.44. The third-order valence-corrected chi connectivity index (χ3v) is 10.3. The maximum atomic E-state index is 13.8. The molecule has 1 N–H and O–H groups in total. The minimum absolute atomic E-state index is 0.0631. The zero-order valence-corrected chi connectivity index (χ0v) is 33.0. The van der Waals surface area contributed by atoms with Gasteiger partial charge < -0.3 is 9.64 Å². The average molecular weight is 708 g/mol. The summed E-state index contributed by atoms with van der Waals surface area (Å²) in [5.74, 6) is 3.25. The number of amides is 1. The van der Waals surface area contributed by atoms with Gasteiger partial charge in [0.05, 0.1) is 47.1 Å². The van der Waals surface area contributed by atoms with E-state index in [0.29, 0.717) is 53.2 Å². The van der Waals surface area contributed by atoms with Crippen molar-refractivity contribution in [3.63, 3.8) is 0 Å². The van der Waals surface area contributed by atoms with Crippen LogP contribution in [0.2, 0.25) is 0 Å². The second-order valence-corrected chi connectivity index (χ2v) is 17.0. The fourth-order valence-electron chi connectivity index (χ4n) is 7.95. The fraction of sp³-hybridized carbons (Fsp3) is 0.675. The molecule has 2 aromatic heterocycles. The molecule has 4 atom stereocenters. The highest BCUT2D eigenvalue weighted by Gasteiger charge is 2.43. The number of fused-ring (bicyclic) bond motifs is 1. The molecule has 1 aliphatic rings. The van der Waals surface area contributed by atoms with Gasteiger partial charge in [-0.1, -0.05) is 73.9 Å². The van der Waals surface area contributed by atoms with Gasteiger partial charge in [0.15, 0.2) is 5.82 Å². The maximum Gasteiger partial charge on any atom is 0.415 e. The first-order valence-electron chi connectivity index (χ1n) is 18.4. The van der Waals surface area contributed by atoms with E-state index in [1.165, 1.54) is 24.7 Å². The van der Waals surface area contributed by atoms with Crippen LogP contribution in [0.25, 0.3) is 21.9 Å². The molecule has 4 rings (SSSR count). The van der Waals surface area contributed by atoms with Gasteiger partial charge >= 0.3 is 6.09 Å². The van der Waals surface area contributed by atoms with Crippen molar-refractivity contribution in [3.8, 4) is 17.3 Å². The molecule has 1 amide bonds. The highest BCUT2D eigenvalue weighted by molar-refractivity contribution is 5.80. The minimum atomic E-state index is -0.649. The normalized spacial score (nSPS) is 19.8. The standard InChI is InChI=1S/C40H61N5O6/c1-25(2)18-28-19-27(4)22-33(40(8,9)10)31(28)24-32-34(41-11)37(51-38(46)44(14-16-49-47-12)15-17-50-48-13)45-36(32)42-35(43-45)29-20-26(3)21-30(23-29)39(5,6)7/h20-21,23,25,27-28,31,33H,14-19,22,24H2,1-10,12-13H3,(H,42,43). The lowest BCUT2D eigenvalue weighted by atomic mass is 9.57. The summed E-state index contributed by atoms with van der Waals surface area (Å²) in [6, 6.07) is 6.48. The number of rotatable bonds is 14. The van der Waals surface area contributed by atoms with E-state index in [1.807, 2.05) is 0 Å². The Morgan fingerprint density at radius 3 is 2.25 bits per heavy atom. The molecular formula is C40H61N5O6. The molecule has 3 aromatic rings. The Morgan fingerprint density at radius 2 is 1.71 bits per heavy atom. The highest BCUT2D eigenvalue weighted by atomic mass is 17.2. The summed E-state index contributed by atoms with van der Waals surface area (Å²) < 4.78 is 7.86. The number of nitrogens with zero attached hydrogens (tertiary/aromatic N) is 4. The van der Waals surface area contributed by atoms with Gasteiger partial charge in [-0.25, -0.2) is 38.7 Å². The Bertz CT molecular complexity index is 1640. The molecule has 0 saturated heterocycles. The number of aromatic nitrogens is 3. The van der Waals surface area contributed by atoms with Gasteiger partial charge in [-0.2, -0.15) is 0 Å². The molecule has 0 spiro atoms. The smallest absolute Gasteiger partial charge is 0.402 e. The summed E-state index contributed by atoms with van der Waals surface area (Å²) in [5.41, 5.74) is 5.01. The Hall–Kier alpha value is -3.43. The first-order valence-corrected chi connectivity index (χ1v) is 18.4. The van der Waals surface area contributed by atoms with Crippen molar-refractivity contribution in [2.75, 3.05) is 40.5 Å². The molecule has 2 heterocycles. The third-order valence-electron chi connectivity index (χ3n) is 10.3. The van der Waals surface area contributed by atoms with E-state index in [0.717, 1.165) is 36.0 Å². The summed E-state index contributed by atoms with van der Waals surface area (Å²) in [7, 11) is 2.82. The highest BCUT2D eigenvalue weighted by Crippen LogP contribution is 2.51. The quantitative estimate of drug-likeness (QED) is 0.0771. The Morgan fingerprint density at radius 1 is 1.06 bits per heavy atom.